The van der Waals surface area contributed by atoms with E-state index in [0.717, 1.165) is 16.8 Å². The normalized spacial score (nSPS) is 10.5. The second kappa shape index (κ2) is 11.2. The van der Waals surface area contributed by atoms with Crippen LogP contribution in [0.2, 0.25) is 0 Å². The second-order valence-electron chi connectivity index (χ2n) is 7.94. The molecule has 8 nitrogen and oxygen atoms in total. The Morgan fingerprint density at radius 1 is 0.861 bits per heavy atom. The first kappa shape index (κ1) is 24.5. The fourth-order valence-electron chi connectivity index (χ4n) is 3.34. The highest BCUT2D eigenvalue weighted by Crippen LogP contribution is 2.20. The fourth-order valence-corrected chi connectivity index (χ4v) is 3.34. The predicted molar refractivity (Wildman–Crippen MR) is 129 cm³/mol. The fraction of sp³-hybridized carbons (Fsp3) is 0.148. The van der Waals surface area contributed by atoms with Gasteiger partial charge < -0.3 is 14.0 Å². The van der Waals surface area contributed by atoms with Crippen LogP contribution >= 0.6 is 0 Å². The Morgan fingerprint density at radius 2 is 1.56 bits per heavy atom. The Bertz CT molecular complexity index is 1330. The third kappa shape index (κ3) is 6.06. The molecule has 0 aliphatic heterocycles. The van der Waals surface area contributed by atoms with Crippen molar-refractivity contribution in [2.45, 2.75) is 27.1 Å². The summed E-state index contributed by atoms with van der Waals surface area (Å²) < 4.78 is 29.7. The summed E-state index contributed by atoms with van der Waals surface area (Å²) in [6.45, 7) is 4.11. The summed E-state index contributed by atoms with van der Waals surface area (Å²) >= 11 is 0. The third-order valence-electron chi connectivity index (χ3n) is 5.41. The molecule has 0 aliphatic rings. The number of benzene rings is 3. The van der Waals surface area contributed by atoms with Gasteiger partial charge in [-0.2, -0.15) is 0 Å². The van der Waals surface area contributed by atoms with Crippen LogP contribution in [0.5, 0.6) is 11.5 Å². The molecule has 4 rings (SSSR count). The lowest BCUT2D eigenvalue weighted by Crippen LogP contribution is -2.41. The van der Waals surface area contributed by atoms with Crippen molar-refractivity contribution in [3.63, 3.8) is 0 Å². The summed E-state index contributed by atoms with van der Waals surface area (Å²) in [4.78, 5) is 25.2. The van der Waals surface area contributed by atoms with Gasteiger partial charge in [0, 0.05) is 5.56 Å². The van der Waals surface area contributed by atoms with Crippen LogP contribution in [0.15, 0.2) is 77.3 Å². The molecule has 0 saturated carbocycles. The number of hydrogen-bond acceptors (Lipinski definition) is 6. The Morgan fingerprint density at radius 3 is 2.25 bits per heavy atom. The number of halogens is 1. The molecule has 0 saturated heterocycles. The van der Waals surface area contributed by atoms with Gasteiger partial charge in [-0.3, -0.25) is 20.4 Å². The minimum Gasteiger partial charge on any atom is -0.489 e. The molecule has 9 heteroatoms. The average Bonchev–Trinajstić information content (AvgIpc) is 3.22. The number of aryl methyl sites for hydroxylation is 2. The van der Waals surface area contributed by atoms with Gasteiger partial charge in [0.1, 0.15) is 36.3 Å². The number of nitrogens with zero attached hydrogens (tertiary/aromatic N) is 1. The van der Waals surface area contributed by atoms with Crippen LogP contribution in [-0.4, -0.2) is 17.0 Å². The van der Waals surface area contributed by atoms with E-state index in [1.165, 1.54) is 12.1 Å². The number of para-hydroxylation sites is 1. The first-order chi connectivity index (χ1) is 17.4. The van der Waals surface area contributed by atoms with Crippen molar-refractivity contribution in [3.05, 3.63) is 112 Å². The topological polar surface area (TPSA) is 103 Å². The van der Waals surface area contributed by atoms with Gasteiger partial charge in [0.2, 0.25) is 0 Å². The van der Waals surface area contributed by atoms with Gasteiger partial charge in [-0.25, -0.2) is 4.39 Å². The van der Waals surface area contributed by atoms with Crippen molar-refractivity contribution in [3.8, 4) is 11.5 Å². The van der Waals surface area contributed by atoms with Crippen LogP contribution in [0.25, 0.3) is 0 Å². The zero-order valence-corrected chi connectivity index (χ0v) is 19.7. The molecule has 1 heterocycles. The van der Waals surface area contributed by atoms with Gasteiger partial charge in [0.25, 0.3) is 11.8 Å². The summed E-state index contributed by atoms with van der Waals surface area (Å²) in [5, 5.41) is 3.89. The van der Waals surface area contributed by atoms with E-state index < -0.39 is 11.8 Å². The number of carbonyl (C=O) groups is 2. The molecule has 184 valence electrons. The highest BCUT2D eigenvalue weighted by atomic mass is 19.1. The molecular weight excluding hydrogens is 465 g/mol. The van der Waals surface area contributed by atoms with Crippen molar-refractivity contribution in [1.82, 2.24) is 16.0 Å². The number of carbonyl (C=O) groups excluding carboxylic acids is 2. The molecule has 0 aliphatic carbocycles. The van der Waals surface area contributed by atoms with Crippen molar-refractivity contribution in [2.24, 2.45) is 0 Å². The number of hydrazine groups is 1. The summed E-state index contributed by atoms with van der Waals surface area (Å²) in [6.07, 6.45) is 0. The Kier molecular flexibility index (Phi) is 7.60. The van der Waals surface area contributed by atoms with Gasteiger partial charge in [-0.05, 0) is 67.9 Å². The minimum atomic E-state index is -0.544. The third-order valence-corrected chi connectivity index (χ3v) is 5.41. The minimum absolute atomic E-state index is 0.154. The molecule has 2 amide bonds. The molecule has 0 unspecified atom stereocenters. The van der Waals surface area contributed by atoms with E-state index in [2.05, 4.69) is 16.0 Å². The number of rotatable bonds is 8. The summed E-state index contributed by atoms with van der Waals surface area (Å²) in [6, 6.07) is 19.0. The zero-order chi connectivity index (χ0) is 25.5. The lowest BCUT2D eigenvalue weighted by atomic mass is 10.2. The zero-order valence-electron chi connectivity index (χ0n) is 19.7. The number of nitrogens with one attached hydrogen (secondary N) is 2. The average molecular weight is 490 g/mol. The van der Waals surface area contributed by atoms with Crippen LogP contribution in [0.4, 0.5) is 4.39 Å². The molecule has 2 N–H and O–H groups in total. The van der Waals surface area contributed by atoms with Crippen LogP contribution in [0.1, 0.15) is 43.3 Å². The van der Waals surface area contributed by atoms with Gasteiger partial charge in [0.15, 0.2) is 0 Å². The first-order valence-corrected chi connectivity index (χ1v) is 11.1. The van der Waals surface area contributed by atoms with Gasteiger partial charge in [0.05, 0.1) is 16.8 Å². The molecular formula is C27H24FN3O5. The monoisotopic (exact) mass is 489 g/mol. The van der Waals surface area contributed by atoms with Gasteiger partial charge in [-0.1, -0.05) is 29.4 Å². The SMILES string of the molecule is Cc1noc(C)c1COc1ccc(C(=O)NNC(=O)c2ccccc2OCc2ccc(F)cc2)cc1. The summed E-state index contributed by atoms with van der Waals surface area (Å²) in [7, 11) is 0. The number of aromatic nitrogens is 1. The van der Waals surface area contributed by atoms with E-state index in [4.69, 9.17) is 14.0 Å². The van der Waals surface area contributed by atoms with Crippen molar-refractivity contribution in [2.75, 3.05) is 0 Å². The standard InChI is InChI=1S/C27H24FN3O5/c1-17-24(18(2)36-31-17)16-34-22-13-9-20(10-14-22)26(32)29-30-27(33)23-5-3-4-6-25(23)35-15-19-7-11-21(28)12-8-19/h3-14H,15-16H2,1-2H3,(H,29,32)(H,30,33). The molecule has 0 fully saturated rings. The Labute approximate surface area is 207 Å². The van der Waals surface area contributed by atoms with E-state index in [1.807, 2.05) is 13.8 Å². The maximum absolute atomic E-state index is 13.1. The number of amides is 2. The molecule has 0 bridgehead atoms. The highest BCUT2D eigenvalue weighted by Gasteiger charge is 2.14. The molecule has 0 spiro atoms. The predicted octanol–water partition coefficient (Wildman–Crippen LogP) is 4.66. The lowest BCUT2D eigenvalue weighted by Gasteiger charge is -2.12. The van der Waals surface area contributed by atoms with E-state index in [-0.39, 0.29) is 18.0 Å². The molecule has 0 atom stereocenters. The smallest absolute Gasteiger partial charge is 0.273 e. The Balaban J connectivity index is 1.31. The first-order valence-electron chi connectivity index (χ1n) is 11.1. The van der Waals surface area contributed by atoms with Crippen LogP contribution in [0.3, 0.4) is 0 Å². The van der Waals surface area contributed by atoms with Crippen LogP contribution in [0, 0.1) is 19.7 Å². The largest absolute Gasteiger partial charge is 0.489 e. The molecule has 36 heavy (non-hydrogen) atoms. The van der Waals surface area contributed by atoms with Crippen molar-refractivity contribution < 1.29 is 28.0 Å². The quantitative estimate of drug-likeness (QED) is 0.349. The second-order valence-corrected chi connectivity index (χ2v) is 7.94. The van der Waals surface area contributed by atoms with Crippen molar-refractivity contribution >= 4 is 11.8 Å². The molecule has 4 aromatic rings. The van der Waals surface area contributed by atoms with Crippen LogP contribution in [-0.2, 0) is 13.2 Å². The maximum Gasteiger partial charge on any atom is 0.273 e. The van der Waals surface area contributed by atoms with Gasteiger partial charge in [-0.15, -0.1) is 0 Å². The van der Waals surface area contributed by atoms with Crippen LogP contribution < -0.4 is 20.3 Å². The van der Waals surface area contributed by atoms with Crippen molar-refractivity contribution in [1.29, 1.82) is 0 Å². The molecule has 0 radical (unpaired) electrons. The maximum atomic E-state index is 13.1. The van der Waals surface area contributed by atoms with E-state index in [9.17, 15) is 14.0 Å². The molecule has 1 aromatic heterocycles. The van der Waals surface area contributed by atoms with E-state index in [1.54, 1.807) is 60.7 Å². The number of ether oxygens (including phenoxy) is 2. The van der Waals surface area contributed by atoms with E-state index in [0.29, 0.717) is 29.4 Å². The Hall–Kier alpha value is -4.66. The summed E-state index contributed by atoms with van der Waals surface area (Å²) in [5.41, 5.74) is 7.76. The number of hydrogen-bond donors (Lipinski definition) is 2. The summed E-state index contributed by atoms with van der Waals surface area (Å²) in [5.74, 6) is 0.217. The van der Waals surface area contributed by atoms with E-state index >= 15 is 0 Å². The lowest BCUT2D eigenvalue weighted by molar-refractivity contribution is 0.0844. The highest BCUT2D eigenvalue weighted by molar-refractivity contribution is 6.00. The van der Waals surface area contributed by atoms with Gasteiger partial charge >= 0.3 is 0 Å². The molecule has 3 aromatic carbocycles.